The van der Waals surface area contributed by atoms with Gasteiger partial charge in [-0.05, 0) is 62.9 Å². The van der Waals surface area contributed by atoms with Crippen LogP contribution in [0.3, 0.4) is 0 Å². The number of likely N-dealkylation sites (tertiary alicyclic amines) is 1. The second-order valence-corrected chi connectivity index (χ2v) is 8.09. The van der Waals surface area contributed by atoms with Gasteiger partial charge >= 0.3 is 0 Å². The van der Waals surface area contributed by atoms with Crippen LogP contribution in [0.5, 0.6) is 0 Å². The van der Waals surface area contributed by atoms with Gasteiger partial charge in [-0.1, -0.05) is 29.3 Å². The van der Waals surface area contributed by atoms with Gasteiger partial charge in [0, 0.05) is 19.1 Å². The Morgan fingerprint density at radius 1 is 1.24 bits per heavy atom. The smallest absolute Gasteiger partial charge is 0.227 e. The highest BCUT2D eigenvalue weighted by molar-refractivity contribution is 6.42. The number of likely N-dealkylation sites (N-methyl/N-ethyl adjacent to an activating group) is 1. The van der Waals surface area contributed by atoms with Crippen LogP contribution in [-0.2, 0) is 11.2 Å². The van der Waals surface area contributed by atoms with E-state index < -0.39 is 0 Å². The SMILES string of the molecule is CN(C(=O)Cc1ccc(Cl)c(Cl)c1)[C@@H]1C[C@@H](O)CC[C@H]1N1CCCC1. The summed E-state index contributed by atoms with van der Waals surface area (Å²) in [6.45, 7) is 2.21. The van der Waals surface area contributed by atoms with Crippen molar-refractivity contribution >= 4 is 29.1 Å². The predicted molar refractivity (Wildman–Crippen MR) is 101 cm³/mol. The van der Waals surface area contributed by atoms with Gasteiger partial charge in [0.2, 0.25) is 5.91 Å². The number of aliphatic hydroxyl groups is 1. The number of rotatable bonds is 4. The molecule has 6 heteroatoms. The molecule has 1 saturated heterocycles. The highest BCUT2D eigenvalue weighted by Crippen LogP contribution is 2.30. The van der Waals surface area contributed by atoms with Crippen molar-refractivity contribution in [2.75, 3.05) is 20.1 Å². The van der Waals surface area contributed by atoms with E-state index in [1.165, 1.54) is 12.8 Å². The summed E-state index contributed by atoms with van der Waals surface area (Å²) >= 11 is 12.0. The molecule has 0 spiro atoms. The van der Waals surface area contributed by atoms with Gasteiger partial charge in [0.1, 0.15) is 0 Å². The average Bonchev–Trinajstić information content (AvgIpc) is 3.11. The fraction of sp³-hybridized carbons (Fsp3) is 0.632. The molecule has 4 nitrogen and oxygen atoms in total. The minimum absolute atomic E-state index is 0.0571. The van der Waals surface area contributed by atoms with Crippen molar-refractivity contribution in [2.45, 2.75) is 56.7 Å². The summed E-state index contributed by atoms with van der Waals surface area (Å²) in [5, 5.41) is 11.1. The number of halogens is 2. The molecule has 1 aromatic carbocycles. The van der Waals surface area contributed by atoms with Crippen LogP contribution in [0.4, 0.5) is 0 Å². The molecule has 0 bridgehead atoms. The van der Waals surface area contributed by atoms with Crippen molar-refractivity contribution in [1.82, 2.24) is 9.80 Å². The normalized spacial score (nSPS) is 27.4. The van der Waals surface area contributed by atoms with E-state index in [0.717, 1.165) is 31.5 Å². The standard InChI is InChI=1S/C19H26Cl2N2O2/c1-22(19(25)11-13-4-6-15(20)16(21)10-13)18-12-14(24)5-7-17(18)23-8-2-3-9-23/h4,6,10,14,17-18,24H,2-3,5,7-9,11-12H2,1H3/t14-,17+,18+/m0/s1. The number of carbonyl (C=O) groups excluding carboxylic acids is 1. The van der Waals surface area contributed by atoms with Crippen molar-refractivity contribution < 1.29 is 9.90 Å². The van der Waals surface area contributed by atoms with E-state index >= 15 is 0 Å². The zero-order valence-electron chi connectivity index (χ0n) is 14.6. The molecule has 2 fully saturated rings. The Bertz CT molecular complexity index is 619. The Hall–Kier alpha value is -0.810. The quantitative estimate of drug-likeness (QED) is 0.864. The van der Waals surface area contributed by atoms with E-state index in [4.69, 9.17) is 23.2 Å². The Kier molecular flexibility index (Phi) is 6.26. The number of carbonyl (C=O) groups is 1. The van der Waals surface area contributed by atoms with Crippen LogP contribution in [0.2, 0.25) is 10.0 Å². The molecule has 1 aromatic rings. The van der Waals surface area contributed by atoms with Crippen LogP contribution in [0, 0.1) is 0 Å². The topological polar surface area (TPSA) is 43.8 Å². The lowest BCUT2D eigenvalue weighted by Crippen LogP contribution is -2.55. The monoisotopic (exact) mass is 384 g/mol. The maximum absolute atomic E-state index is 12.8. The van der Waals surface area contributed by atoms with Gasteiger partial charge in [-0.3, -0.25) is 9.69 Å². The van der Waals surface area contributed by atoms with Crippen molar-refractivity contribution in [1.29, 1.82) is 0 Å². The zero-order valence-corrected chi connectivity index (χ0v) is 16.1. The fourth-order valence-corrected chi connectivity index (χ4v) is 4.48. The van der Waals surface area contributed by atoms with Gasteiger partial charge in [0.15, 0.2) is 0 Å². The largest absolute Gasteiger partial charge is 0.393 e. The molecule has 1 aliphatic heterocycles. The molecule has 1 aliphatic carbocycles. The maximum atomic E-state index is 12.8. The number of hydrogen-bond donors (Lipinski definition) is 1. The summed E-state index contributed by atoms with van der Waals surface area (Å²) in [6, 6.07) is 5.74. The van der Waals surface area contributed by atoms with Gasteiger partial charge in [-0.25, -0.2) is 0 Å². The lowest BCUT2D eigenvalue weighted by molar-refractivity contribution is -0.134. The number of nitrogens with zero attached hydrogens (tertiary/aromatic N) is 2. The molecule has 2 aliphatic rings. The maximum Gasteiger partial charge on any atom is 0.227 e. The molecule has 0 unspecified atom stereocenters. The summed E-state index contributed by atoms with van der Waals surface area (Å²) in [6.07, 6.45) is 4.88. The van der Waals surface area contributed by atoms with Gasteiger partial charge in [-0.2, -0.15) is 0 Å². The van der Waals surface area contributed by atoms with Gasteiger partial charge in [0.25, 0.3) is 0 Å². The molecule has 1 N–H and O–H groups in total. The fourth-order valence-electron chi connectivity index (χ4n) is 4.16. The minimum Gasteiger partial charge on any atom is -0.393 e. The number of hydrogen-bond acceptors (Lipinski definition) is 3. The Balaban J connectivity index is 1.70. The summed E-state index contributed by atoms with van der Waals surface area (Å²) in [5.74, 6) is 0.0571. The first kappa shape index (κ1) is 19.0. The molecule has 1 amide bonds. The molecule has 138 valence electrons. The minimum atomic E-state index is -0.316. The van der Waals surface area contributed by atoms with Crippen molar-refractivity contribution in [3.05, 3.63) is 33.8 Å². The predicted octanol–water partition coefficient (Wildman–Crippen LogP) is 3.37. The molecule has 25 heavy (non-hydrogen) atoms. The lowest BCUT2D eigenvalue weighted by Gasteiger charge is -2.44. The van der Waals surface area contributed by atoms with E-state index in [2.05, 4.69) is 4.90 Å². The van der Waals surface area contributed by atoms with E-state index in [1.807, 2.05) is 18.0 Å². The van der Waals surface area contributed by atoms with Gasteiger partial charge < -0.3 is 10.0 Å². The molecular weight excluding hydrogens is 359 g/mol. The number of aliphatic hydroxyl groups excluding tert-OH is 1. The summed E-state index contributed by atoms with van der Waals surface area (Å²) in [7, 11) is 1.87. The van der Waals surface area contributed by atoms with E-state index in [-0.39, 0.29) is 18.1 Å². The van der Waals surface area contributed by atoms with E-state index in [9.17, 15) is 9.90 Å². The van der Waals surface area contributed by atoms with Crippen molar-refractivity contribution in [3.63, 3.8) is 0 Å². The van der Waals surface area contributed by atoms with Gasteiger partial charge in [-0.15, -0.1) is 0 Å². The van der Waals surface area contributed by atoms with E-state index in [1.54, 1.807) is 12.1 Å². The van der Waals surface area contributed by atoms with Crippen LogP contribution in [0.1, 0.15) is 37.7 Å². The molecule has 0 aromatic heterocycles. The first-order valence-electron chi connectivity index (χ1n) is 9.07. The molecule has 3 atom stereocenters. The summed E-state index contributed by atoms with van der Waals surface area (Å²) in [4.78, 5) is 17.2. The average molecular weight is 385 g/mol. The van der Waals surface area contributed by atoms with Crippen LogP contribution in [0.25, 0.3) is 0 Å². The molecule has 1 heterocycles. The van der Waals surface area contributed by atoms with Crippen molar-refractivity contribution in [3.8, 4) is 0 Å². The van der Waals surface area contributed by atoms with Crippen LogP contribution >= 0.6 is 23.2 Å². The third-order valence-electron chi connectivity index (χ3n) is 5.59. The van der Waals surface area contributed by atoms with Crippen LogP contribution < -0.4 is 0 Å². The van der Waals surface area contributed by atoms with E-state index in [0.29, 0.717) is 28.9 Å². The molecule has 3 rings (SSSR count). The second kappa shape index (κ2) is 8.26. The third kappa shape index (κ3) is 4.48. The van der Waals surface area contributed by atoms with Crippen molar-refractivity contribution in [2.24, 2.45) is 0 Å². The first-order valence-corrected chi connectivity index (χ1v) is 9.83. The lowest BCUT2D eigenvalue weighted by atomic mass is 9.86. The Morgan fingerprint density at radius 2 is 1.96 bits per heavy atom. The first-order chi connectivity index (χ1) is 12.0. The second-order valence-electron chi connectivity index (χ2n) is 7.27. The Labute approximate surface area is 159 Å². The van der Waals surface area contributed by atoms with Gasteiger partial charge in [0.05, 0.1) is 22.6 Å². The van der Waals surface area contributed by atoms with Crippen LogP contribution in [-0.4, -0.2) is 59.1 Å². The highest BCUT2D eigenvalue weighted by Gasteiger charge is 2.38. The Morgan fingerprint density at radius 3 is 2.64 bits per heavy atom. The molecule has 0 radical (unpaired) electrons. The highest BCUT2D eigenvalue weighted by atomic mass is 35.5. The number of benzene rings is 1. The summed E-state index contributed by atoms with van der Waals surface area (Å²) in [5.41, 5.74) is 0.861. The zero-order chi connectivity index (χ0) is 18.0. The molecule has 1 saturated carbocycles. The summed E-state index contributed by atoms with van der Waals surface area (Å²) < 4.78 is 0. The molecular formula is C19H26Cl2N2O2. The third-order valence-corrected chi connectivity index (χ3v) is 6.33. The number of amides is 1. The van der Waals surface area contributed by atoms with Crippen LogP contribution in [0.15, 0.2) is 18.2 Å².